The zero-order chi connectivity index (χ0) is 16.3. The molecule has 0 radical (unpaired) electrons. The molecule has 0 aromatic heterocycles. The quantitative estimate of drug-likeness (QED) is 0.811. The maximum Gasteiger partial charge on any atom is 0.268 e. The van der Waals surface area contributed by atoms with Gasteiger partial charge in [-0.2, -0.15) is 0 Å². The topological polar surface area (TPSA) is 84.7 Å². The molecular weight excluding hydrogens is 282 g/mol. The van der Waals surface area contributed by atoms with Crippen LogP contribution in [-0.2, 0) is 9.59 Å². The highest BCUT2D eigenvalue weighted by atomic mass is 16.5. The summed E-state index contributed by atoms with van der Waals surface area (Å²) in [6.45, 7) is 5.79. The van der Waals surface area contributed by atoms with Crippen LogP contribution in [0.15, 0.2) is 18.2 Å². The van der Waals surface area contributed by atoms with Gasteiger partial charge < -0.3 is 15.8 Å². The fourth-order valence-electron chi connectivity index (χ4n) is 2.33. The number of fused-ring (bicyclic) bond motifs is 1. The summed E-state index contributed by atoms with van der Waals surface area (Å²) in [6, 6.07) is 5.17. The maximum atomic E-state index is 12.5. The second-order valence-corrected chi connectivity index (χ2v) is 5.54. The number of benzene rings is 1. The van der Waals surface area contributed by atoms with E-state index in [-0.39, 0.29) is 24.4 Å². The molecule has 3 N–H and O–H groups in total. The van der Waals surface area contributed by atoms with Crippen molar-refractivity contribution in [1.29, 1.82) is 0 Å². The smallest absolute Gasteiger partial charge is 0.268 e. The van der Waals surface area contributed by atoms with E-state index in [4.69, 9.17) is 10.5 Å². The van der Waals surface area contributed by atoms with Gasteiger partial charge in [0.05, 0.1) is 5.69 Å². The zero-order valence-corrected chi connectivity index (χ0v) is 13.3. The van der Waals surface area contributed by atoms with Crippen molar-refractivity contribution in [2.45, 2.75) is 45.8 Å². The van der Waals surface area contributed by atoms with E-state index in [1.807, 2.05) is 20.8 Å². The van der Waals surface area contributed by atoms with Gasteiger partial charge >= 0.3 is 0 Å². The predicted molar refractivity (Wildman–Crippen MR) is 85.8 cm³/mol. The number of nitrogen functional groups attached to an aromatic ring is 1. The number of nitrogens with two attached hydrogens (primary N) is 1. The number of anilines is 2. The number of nitrogens with zero attached hydrogens (tertiary/aromatic N) is 1. The molecule has 6 heteroatoms. The molecule has 1 aromatic carbocycles. The number of carbonyl (C=O) groups excluding carboxylic acids is 2. The van der Waals surface area contributed by atoms with Gasteiger partial charge in [-0.15, -0.1) is 0 Å². The summed E-state index contributed by atoms with van der Waals surface area (Å²) in [4.78, 5) is 26.1. The molecule has 0 bridgehead atoms. The second-order valence-electron chi connectivity index (χ2n) is 5.54. The Bertz CT molecular complexity index is 574. The van der Waals surface area contributed by atoms with Crippen LogP contribution in [0.3, 0.4) is 0 Å². The van der Waals surface area contributed by atoms with Crippen LogP contribution in [0, 0.1) is 0 Å². The monoisotopic (exact) mass is 305 g/mol. The van der Waals surface area contributed by atoms with E-state index in [2.05, 4.69) is 5.32 Å². The Labute approximate surface area is 130 Å². The van der Waals surface area contributed by atoms with Crippen LogP contribution >= 0.6 is 0 Å². The molecule has 22 heavy (non-hydrogen) atoms. The average Bonchev–Trinajstić information content (AvgIpc) is 2.49. The molecule has 0 aliphatic carbocycles. The summed E-state index contributed by atoms with van der Waals surface area (Å²) in [7, 11) is 0. The first-order valence-corrected chi connectivity index (χ1v) is 7.63. The molecule has 2 rings (SSSR count). The average molecular weight is 305 g/mol. The van der Waals surface area contributed by atoms with Crippen LogP contribution in [0.5, 0.6) is 5.75 Å². The minimum Gasteiger partial charge on any atom is -0.478 e. The summed E-state index contributed by atoms with van der Waals surface area (Å²) in [5.41, 5.74) is 6.92. The molecule has 1 heterocycles. The van der Waals surface area contributed by atoms with E-state index in [1.165, 1.54) is 4.90 Å². The van der Waals surface area contributed by atoms with Crippen molar-refractivity contribution in [3.63, 3.8) is 0 Å². The summed E-state index contributed by atoms with van der Waals surface area (Å²) >= 11 is 0. The van der Waals surface area contributed by atoms with Crippen molar-refractivity contribution in [1.82, 2.24) is 5.32 Å². The summed E-state index contributed by atoms with van der Waals surface area (Å²) < 4.78 is 5.69. The third kappa shape index (κ3) is 3.32. The van der Waals surface area contributed by atoms with Crippen LogP contribution in [0.25, 0.3) is 0 Å². The maximum absolute atomic E-state index is 12.5. The number of carbonyl (C=O) groups is 2. The number of ether oxygens (including phenoxy) is 1. The lowest BCUT2D eigenvalue weighted by molar-refractivity contribution is -0.129. The molecule has 1 aliphatic heterocycles. The molecule has 120 valence electrons. The lowest BCUT2D eigenvalue weighted by Gasteiger charge is -2.34. The van der Waals surface area contributed by atoms with Crippen LogP contribution in [0.2, 0.25) is 0 Å². The Balaban J connectivity index is 2.25. The van der Waals surface area contributed by atoms with E-state index < -0.39 is 6.10 Å². The molecule has 2 unspecified atom stereocenters. The first-order valence-electron chi connectivity index (χ1n) is 7.63. The molecule has 2 amide bonds. The molecule has 1 aliphatic rings. The van der Waals surface area contributed by atoms with Gasteiger partial charge in [-0.05, 0) is 31.9 Å². The lowest BCUT2D eigenvalue weighted by Crippen LogP contribution is -2.50. The first-order chi connectivity index (χ1) is 10.5. The number of amides is 2. The van der Waals surface area contributed by atoms with E-state index in [0.717, 1.165) is 6.42 Å². The number of nitrogens with one attached hydrogen (secondary N) is 1. The van der Waals surface area contributed by atoms with Crippen LogP contribution in [0.4, 0.5) is 11.4 Å². The number of hydrogen-bond acceptors (Lipinski definition) is 4. The number of hydrogen-bond donors (Lipinski definition) is 2. The van der Waals surface area contributed by atoms with Gasteiger partial charge in [0.15, 0.2) is 6.10 Å². The van der Waals surface area contributed by atoms with Gasteiger partial charge in [0.1, 0.15) is 12.3 Å². The van der Waals surface area contributed by atoms with Crippen molar-refractivity contribution in [2.75, 3.05) is 17.2 Å². The minimum atomic E-state index is -0.578. The summed E-state index contributed by atoms with van der Waals surface area (Å²) in [6.07, 6.45) is 0.801. The van der Waals surface area contributed by atoms with Crippen molar-refractivity contribution in [3.05, 3.63) is 18.2 Å². The largest absolute Gasteiger partial charge is 0.478 e. The van der Waals surface area contributed by atoms with Gasteiger partial charge in [0.2, 0.25) is 5.91 Å². The summed E-state index contributed by atoms with van der Waals surface area (Å²) in [5, 5.41) is 2.87. The van der Waals surface area contributed by atoms with Crippen LogP contribution in [-0.4, -0.2) is 30.5 Å². The molecule has 0 fully saturated rings. The summed E-state index contributed by atoms with van der Waals surface area (Å²) in [5.74, 6) is 0.170. The fraction of sp³-hybridized carbons (Fsp3) is 0.500. The first kappa shape index (κ1) is 16.1. The molecular formula is C16H23N3O3. The Morgan fingerprint density at radius 1 is 1.45 bits per heavy atom. The molecule has 0 spiro atoms. The Hall–Kier alpha value is -2.24. The Kier molecular flexibility index (Phi) is 4.90. The lowest BCUT2D eigenvalue weighted by atomic mass is 10.1. The van der Waals surface area contributed by atoms with E-state index >= 15 is 0 Å². The molecule has 6 nitrogen and oxygen atoms in total. The van der Waals surface area contributed by atoms with Crippen molar-refractivity contribution in [3.8, 4) is 5.75 Å². The van der Waals surface area contributed by atoms with E-state index in [9.17, 15) is 9.59 Å². The van der Waals surface area contributed by atoms with Crippen LogP contribution in [0.1, 0.15) is 33.6 Å². The van der Waals surface area contributed by atoms with Crippen LogP contribution < -0.4 is 20.7 Å². The fourth-order valence-corrected chi connectivity index (χ4v) is 2.33. The van der Waals surface area contributed by atoms with Crippen molar-refractivity contribution < 1.29 is 14.3 Å². The highest BCUT2D eigenvalue weighted by Gasteiger charge is 2.34. The van der Waals surface area contributed by atoms with Gasteiger partial charge in [0.25, 0.3) is 5.91 Å². The molecule has 1 aromatic rings. The van der Waals surface area contributed by atoms with Crippen molar-refractivity contribution in [2.24, 2.45) is 0 Å². The minimum absolute atomic E-state index is 0.0139. The van der Waals surface area contributed by atoms with Gasteiger partial charge in [-0.1, -0.05) is 13.8 Å². The van der Waals surface area contributed by atoms with E-state index in [0.29, 0.717) is 23.5 Å². The standard InChI is InChI=1S/C16H23N3O3/c1-4-10(3)18-15(20)9-19-12-7-6-11(17)8-14(12)22-13(5-2)16(19)21/h6-8,10,13H,4-5,9,17H2,1-3H3,(H,18,20). The van der Waals surface area contributed by atoms with Gasteiger partial charge in [-0.25, -0.2) is 0 Å². The molecule has 0 saturated heterocycles. The Morgan fingerprint density at radius 3 is 2.82 bits per heavy atom. The third-order valence-electron chi connectivity index (χ3n) is 3.78. The second kappa shape index (κ2) is 6.68. The zero-order valence-electron chi connectivity index (χ0n) is 13.3. The molecule has 0 saturated carbocycles. The highest BCUT2D eigenvalue weighted by molar-refractivity contribution is 6.04. The van der Waals surface area contributed by atoms with Crippen molar-refractivity contribution >= 4 is 23.2 Å². The predicted octanol–water partition coefficient (Wildman–Crippen LogP) is 1.69. The normalized spacial score (nSPS) is 18.4. The highest BCUT2D eigenvalue weighted by Crippen LogP contribution is 2.36. The third-order valence-corrected chi connectivity index (χ3v) is 3.78. The Morgan fingerprint density at radius 2 is 2.18 bits per heavy atom. The van der Waals surface area contributed by atoms with Gasteiger partial charge in [-0.3, -0.25) is 14.5 Å². The number of rotatable bonds is 5. The van der Waals surface area contributed by atoms with E-state index in [1.54, 1.807) is 18.2 Å². The molecule has 2 atom stereocenters. The van der Waals surface area contributed by atoms with Gasteiger partial charge in [0, 0.05) is 17.8 Å². The SMILES string of the molecule is CCC(C)NC(=O)CN1C(=O)C(CC)Oc2cc(N)ccc21.